The van der Waals surface area contributed by atoms with Gasteiger partial charge in [-0.3, -0.25) is 4.79 Å². The lowest BCUT2D eigenvalue weighted by Crippen LogP contribution is -2.54. The van der Waals surface area contributed by atoms with Crippen LogP contribution in [0.1, 0.15) is 45.4 Å². The fourth-order valence-corrected chi connectivity index (χ4v) is 4.06. The third-order valence-corrected chi connectivity index (χ3v) is 5.71. The van der Waals surface area contributed by atoms with E-state index < -0.39 is 11.7 Å². The molecule has 0 bridgehead atoms. The molecule has 3 aliphatic rings. The first kappa shape index (κ1) is 17.0. The number of hydrogen-bond donors (Lipinski definition) is 1. The predicted molar refractivity (Wildman–Crippen MR) is 95.0 cm³/mol. The molecule has 138 valence electrons. The van der Waals surface area contributed by atoms with Gasteiger partial charge in [0, 0.05) is 38.6 Å². The summed E-state index contributed by atoms with van der Waals surface area (Å²) in [6.07, 6.45) is 8.02. The predicted octanol–water partition coefficient (Wildman–Crippen LogP) is 1.76. The second-order valence-electron chi connectivity index (χ2n) is 8.39. The molecule has 25 heavy (non-hydrogen) atoms. The number of carbonyl (C=O) groups is 1. The fourth-order valence-electron chi connectivity index (χ4n) is 4.06. The molecule has 6 heteroatoms. The quantitative estimate of drug-likeness (QED) is 0.882. The van der Waals surface area contributed by atoms with Crippen LogP contribution in [0, 0.1) is 11.8 Å². The van der Waals surface area contributed by atoms with Crippen LogP contribution in [0.15, 0.2) is 12.4 Å². The molecule has 1 amide bonds. The summed E-state index contributed by atoms with van der Waals surface area (Å²) in [6, 6.07) is 0. The van der Waals surface area contributed by atoms with Gasteiger partial charge in [0.15, 0.2) is 6.10 Å². The van der Waals surface area contributed by atoms with Crippen molar-refractivity contribution >= 4 is 5.91 Å². The number of carbonyl (C=O) groups excluding carboxylic acids is 1. The summed E-state index contributed by atoms with van der Waals surface area (Å²) in [4.78, 5) is 19.7. The summed E-state index contributed by atoms with van der Waals surface area (Å²) in [5.74, 6) is 2.37. The van der Waals surface area contributed by atoms with Gasteiger partial charge in [0.1, 0.15) is 11.4 Å². The van der Waals surface area contributed by atoms with E-state index in [4.69, 9.17) is 4.74 Å². The summed E-state index contributed by atoms with van der Waals surface area (Å²) >= 11 is 0. The fraction of sp³-hybridized carbons (Fsp3) is 0.789. The normalized spacial score (nSPS) is 26.0. The maximum Gasteiger partial charge on any atom is 0.251 e. The molecule has 1 atom stereocenters. The molecule has 1 aromatic rings. The summed E-state index contributed by atoms with van der Waals surface area (Å²) in [5.41, 5.74) is -0.401. The number of hydrogen-bond acceptors (Lipinski definition) is 4. The standard InChI is InChI=1S/C19H30N4O2/c1-14(2)11-21-17(24)16-13-23-10-7-20-18(23)19(25-16)5-8-22(9-6-19)12-15-3-4-15/h7,10,14-16H,3-6,8-9,11-13H2,1-2H3,(H,21,24)/t16-/m1/s1. The first-order valence-electron chi connectivity index (χ1n) is 9.75. The molecule has 1 spiro atoms. The third kappa shape index (κ3) is 3.60. The van der Waals surface area contributed by atoms with E-state index in [1.54, 1.807) is 0 Å². The smallest absolute Gasteiger partial charge is 0.251 e. The van der Waals surface area contributed by atoms with E-state index in [1.807, 2.05) is 12.4 Å². The highest BCUT2D eigenvalue weighted by atomic mass is 16.5. The number of fused-ring (bicyclic) bond motifs is 2. The number of piperidine rings is 1. The van der Waals surface area contributed by atoms with Gasteiger partial charge in [-0.15, -0.1) is 0 Å². The highest BCUT2D eigenvalue weighted by Gasteiger charge is 2.47. The molecule has 0 radical (unpaired) electrons. The first-order chi connectivity index (χ1) is 12.1. The molecule has 1 aliphatic carbocycles. The van der Waals surface area contributed by atoms with Gasteiger partial charge in [-0.2, -0.15) is 0 Å². The Kier molecular flexibility index (Phi) is 4.58. The summed E-state index contributed by atoms with van der Waals surface area (Å²) in [5, 5.41) is 3.03. The van der Waals surface area contributed by atoms with Gasteiger partial charge in [0.25, 0.3) is 5.91 Å². The van der Waals surface area contributed by atoms with Gasteiger partial charge in [0.05, 0.1) is 6.54 Å². The van der Waals surface area contributed by atoms with Gasteiger partial charge < -0.3 is 19.5 Å². The molecule has 1 N–H and O–H groups in total. The highest BCUT2D eigenvalue weighted by Crippen LogP contribution is 2.41. The van der Waals surface area contributed by atoms with Crippen molar-refractivity contribution in [3.63, 3.8) is 0 Å². The van der Waals surface area contributed by atoms with Crippen molar-refractivity contribution in [2.45, 2.75) is 57.8 Å². The number of nitrogens with one attached hydrogen (secondary N) is 1. The highest BCUT2D eigenvalue weighted by molar-refractivity contribution is 5.80. The van der Waals surface area contributed by atoms with E-state index >= 15 is 0 Å². The second-order valence-corrected chi connectivity index (χ2v) is 8.39. The Hall–Kier alpha value is -1.40. The minimum atomic E-state index is -0.421. The Labute approximate surface area is 149 Å². The third-order valence-electron chi connectivity index (χ3n) is 5.71. The van der Waals surface area contributed by atoms with Crippen molar-refractivity contribution in [1.82, 2.24) is 19.8 Å². The lowest BCUT2D eigenvalue weighted by Gasteiger charge is -2.45. The van der Waals surface area contributed by atoms with Crippen LogP contribution >= 0.6 is 0 Å². The van der Waals surface area contributed by atoms with Crippen molar-refractivity contribution in [1.29, 1.82) is 0 Å². The van der Waals surface area contributed by atoms with Crippen molar-refractivity contribution in [2.75, 3.05) is 26.2 Å². The number of imidazole rings is 1. The molecular weight excluding hydrogens is 316 g/mol. The van der Waals surface area contributed by atoms with E-state index in [1.165, 1.54) is 19.4 Å². The van der Waals surface area contributed by atoms with Gasteiger partial charge in [-0.05, 0) is 37.5 Å². The Morgan fingerprint density at radius 2 is 2.16 bits per heavy atom. The molecule has 4 rings (SSSR count). The van der Waals surface area contributed by atoms with Crippen LogP contribution in [0.25, 0.3) is 0 Å². The molecule has 3 heterocycles. The zero-order valence-corrected chi connectivity index (χ0v) is 15.4. The average Bonchev–Trinajstić information content (AvgIpc) is 3.27. The Morgan fingerprint density at radius 1 is 1.40 bits per heavy atom. The minimum Gasteiger partial charge on any atom is -0.354 e. The topological polar surface area (TPSA) is 59.4 Å². The average molecular weight is 346 g/mol. The van der Waals surface area contributed by atoms with Crippen molar-refractivity contribution in [3.8, 4) is 0 Å². The van der Waals surface area contributed by atoms with E-state index in [9.17, 15) is 4.79 Å². The monoisotopic (exact) mass is 346 g/mol. The number of aromatic nitrogens is 2. The molecule has 1 saturated carbocycles. The van der Waals surface area contributed by atoms with Gasteiger partial charge in [-0.25, -0.2) is 4.98 Å². The molecule has 2 aliphatic heterocycles. The molecule has 1 aromatic heterocycles. The first-order valence-corrected chi connectivity index (χ1v) is 9.75. The van der Waals surface area contributed by atoms with E-state index in [2.05, 4.69) is 33.6 Å². The molecule has 1 saturated heterocycles. The van der Waals surface area contributed by atoms with Crippen LogP contribution < -0.4 is 5.32 Å². The number of nitrogens with zero attached hydrogens (tertiary/aromatic N) is 3. The Morgan fingerprint density at radius 3 is 2.84 bits per heavy atom. The second kappa shape index (κ2) is 6.72. The van der Waals surface area contributed by atoms with Crippen molar-refractivity contribution < 1.29 is 9.53 Å². The van der Waals surface area contributed by atoms with Crippen LogP contribution in [-0.2, 0) is 21.7 Å². The lowest BCUT2D eigenvalue weighted by atomic mass is 9.88. The largest absolute Gasteiger partial charge is 0.354 e. The zero-order chi connectivity index (χ0) is 17.4. The molecule has 0 aromatic carbocycles. The zero-order valence-electron chi connectivity index (χ0n) is 15.4. The number of rotatable bonds is 5. The molecular formula is C19H30N4O2. The lowest BCUT2D eigenvalue weighted by molar-refractivity contribution is -0.173. The maximum absolute atomic E-state index is 12.6. The van der Waals surface area contributed by atoms with Gasteiger partial charge in [-0.1, -0.05) is 13.8 Å². The van der Waals surface area contributed by atoms with E-state index in [-0.39, 0.29) is 5.91 Å². The van der Waals surface area contributed by atoms with Crippen molar-refractivity contribution in [3.05, 3.63) is 18.2 Å². The Balaban J connectivity index is 1.46. The van der Waals surface area contributed by atoms with E-state index in [0.717, 1.165) is 37.7 Å². The van der Waals surface area contributed by atoms with Crippen LogP contribution in [0.5, 0.6) is 0 Å². The van der Waals surface area contributed by atoms with Crippen LogP contribution in [0.2, 0.25) is 0 Å². The number of amides is 1. The van der Waals surface area contributed by atoms with Crippen LogP contribution in [0.4, 0.5) is 0 Å². The summed E-state index contributed by atoms with van der Waals surface area (Å²) in [6.45, 7) is 8.75. The van der Waals surface area contributed by atoms with Crippen LogP contribution in [-0.4, -0.2) is 52.6 Å². The van der Waals surface area contributed by atoms with Crippen molar-refractivity contribution in [2.24, 2.45) is 11.8 Å². The SMILES string of the molecule is CC(C)CNC(=O)[C@H]1Cn2ccnc2C2(CCN(CC3CC3)CC2)O1. The number of likely N-dealkylation sites (tertiary alicyclic amines) is 1. The maximum atomic E-state index is 12.6. The molecule has 6 nitrogen and oxygen atoms in total. The van der Waals surface area contributed by atoms with Gasteiger partial charge >= 0.3 is 0 Å². The van der Waals surface area contributed by atoms with E-state index in [0.29, 0.717) is 19.0 Å². The Bertz CT molecular complexity index is 615. The summed E-state index contributed by atoms with van der Waals surface area (Å²) in [7, 11) is 0. The number of ether oxygens (including phenoxy) is 1. The summed E-state index contributed by atoms with van der Waals surface area (Å²) < 4.78 is 8.57. The molecule has 0 unspecified atom stereocenters. The van der Waals surface area contributed by atoms with Gasteiger partial charge in [0.2, 0.25) is 0 Å². The minimum absolute atomic E-state index is 0.00725. The molecule has 2 fully saturated rings. The van der Waals surface area contributed by atoms with Crippen LogP contribution in [0.3, 0.4) is 0 Å².